The van der Waals surface area contributed by atoms with Gasteiger partial charge in [-0.15, -0.1) is 0 Å². The number of oxazole rings is 1. The lowest BCUT2D eigenvalue weighted by Crippen LogP contribution is -1.83. The van der Waals surface area contributed by atoms with Crippen molar-refractivity contribution >= 4 is 6.08 Å². The number of aromatic nitrogens is 1. The maximum atomic E-state index is 9.76. The van der Waals surface area contributed by atoms with E-state index in [2.05, 4.69) is 9.98 Å². The first-order chi connectivity index (χ1) is 4.84. The second-order valence-electron chi connectivity index (χ2n) is 1.80. The molecule has 0 N–H and O–H groups in total. The zero-order chi connectivity index (χ0) is 7.40. The molecule has 1 heterocycles. The van der Waals surface area contributed by atoms with E-state index in [1.807, 2.05) is 0 Å². The molecule has 4 nitrogen and oxygen atoms in total. The van der Waals surface area contributed by atoms with Crippen molar-refractivity contribution in [2.75, 3.05) is 0 Å². The van der Waals surface area contributed by atoms with Crippen molar-refractivity contribution in [1.29, 1.82) is 0 Å². The Morgan fingerprint density at radius 1 is 1.90 bits per heavy atom. The summed E-state index contributed by atoms with van der Waals surface area (Å²) in [4.78, 5) is 16.9. The van der Waals surface area contributed by atoms with Crippen molar-refractivity contribution < 1.29 is 9.21 Å². The molecule has 0 amide bonds. The van der Waals surface area contributed by atoms with Crippen LogP contribution in [0.3, 0.4) is 0 Å². The van der Waals surface area contributed by atoms with E-state index in [9.17, 15) is 4.79 Å². The van der Waals surface area contributed by atoms with Crippen molar-refractivity contribution in [2.45, 2.75) is 13.0 Å². The van der Waals surface area contributed by atoms with Gasteiger partial charge in [-0.05, 0) is 6.92 Å². The van der Waals surface area contributed by atoms with Crippen molar-refractivity contribution in [3.05, 3.63) is 18.4 Å². The minimum absolute atomic E-state index is 0.278. The maximum Gasteiger partial charge on any atom is 0.235 e. The van der Waals surface area contributed by atoms with Gasteiger partial charge >= 0.3 is 0 Å². The lowest BCUT2D eigenvalue weighted by atomic mass is 10.3. The van der Waals surface area contributed by atoms with Gasteiger partial charge in [-0.25, -0.2) is 9.78 Å². The van der Waals surface area contributed by atoms with Crippen LogP contribution in [-0.2, 0) is 4.79 Å². The van der Waals surface area contributed by atoms with Gasteiger partial charge in [0.2, 0.25) is 6.08 Å². The summed E-state index contributed by atoms with van der Waals surface area (Å²) >= 11 is 0. The number of isocyanates is 1. The summed E-state index contributed by atoms with van der Waals surface area (Å²) in [5, 5.41) is 0. The summed E-state index contributed by atoms with van der Waals surface area (Å²) in [7, 11) is 0. The van der Waals surface area contributed by atoms with Crippen LogP contribution in [0.4, 0.5) is 0 Å². The smallest absolute Gasteiger partial charge is 0.235 e. The molecule has 52 valence electrons. The highest BCUT2D eigenvalue weighted by Crippen LogP contribution is 2.13. The molecule has 1 unspecified atom stereocenters. The van der Waals surface area contributed by atoms with Crippen molar-refractivity contribution in [3.63, 3.8) is 0 Å². The fraction of sp³-hybridized carbons (Fsp3) is 0.333. The van der Waals surface area contributed by atoms with E-state index in [-0.39, 0.29) is 6.04 Å². The predicted molar refractivity (Wildman–Crippen MR) is 33.0 cm³/mol. The molecule has 0 radical (unpaired) electrons. The molecule has 1 rings (SSSR count). The Balaban J connectivity index is 2.76. The van der Waals surface area contributed by atoms with Crippen molar-refractivity contribution in [3.8, 4) is 0 Å². The van der Waals surface area contributed by atoms with Gasteiger partial charge in [-0.2, -0.15) is 4.99 Å². The number of rotatable bonds is 2. The zero-order valence-corrected chi connectivity index (χ0v) is 5.44. The second kappa shape index (κ2) is 2.94. The summed E-state index contributed by atoms with van der Waals surface area (Å²) in [6, 6.07) is -0.278. The maximum absolute atomic E-state index is 9.76. The zero-order valence-electron chi connectivity index (χ0n) is 5.44. The molecule has 1 atom stereocenters. The van der Waals surface area contributed by atoms with Crippen LogP contribution in [0.25, 0.3) is 0 Å². The highest BCUT2D eigenvalue weighted by Gasteiger charge is 2.04. The van der Waals surface area contributed by atoms with E-state index >= 15 is 0 Å². The Kier molecular flexibility index (Phi) is 1.97. The van der Waals surface area contributed by atoms with Crippen LogP contribution in [0.1, 0.15) is 18.7 Å². The van der Waals surface area contributed by atoms with Gasteiger partial charge in [0, 0.05) is 0 Å². The summed E-state index contributed by atoms with van der Waals surface area (Å²) in [5.74, 6) is 0.573. The molecule has 0 aromatic carbocycles. The predicted octanol–water partition coefficient (Wildman–Crippen LogP) is 1.07. The molecule has 0 saturated heterocycles. The van der Waals surface area contributed by atoms with Crippen LogP contribution in [0, 0.1) is 0 Å². The monoisotopic (exact) mass is 138 g/mol. The van der Waals surface area contributed by atoms with E-state index in [0.29, 0.717) is 5.76 Å². The van der Waals surface area contributed by atoms with Crippen LogP contribution in [0.5, 0.6) is 0 Å². The van der Waals surface area contributed by atoms with Crippen LogP contribution in [-0.4, -0.2) is 11.1 Å². The molecule has 0 fully saturated rings. The first-order valence-corrected chi connectivity index (χ1v) is 2.80. The van der Waals surface area contributed by atoms with E-state index in [1.165, 1.54) is 18.7 Å². The van der Waals surface area contributed by atoms with Crippen LogP contribution in [0.15, 0.2) is 22.0 Å². The minimum atomic E-state index is -0.278. The normalized spacial score (nSPS) is 12.1. The largest absolute Gasteiger partial charge is 0.446 e. The standard InChI is InChI=1S/C6H6N2O2/c1-5(8-3-9)6-2-7-4-10-6/h2,4-5H,1H3. The van der Waals surface area contributed by atoms with E-state index in [0.717, 1.165) is 0 Å². The number of carbonyl (C=O) groups excluding carboxylic acids is 1. The SMILES string of the molecule is CC(N=C=O)c1cnco1. The summed E-state index contributed by atoms with van der Waals surface area (Å²) in [6.07, 6.45) is 4.26. The molecule has 0 bridgehead atoms. The Labute approximate surface area is 57.6 Å². The number of nitrogens with zero attached hydrogens (tertiary/aromatic N) is 2. The molecule has 4 heteroatoms. The first kappa shape index (κ1) is 6.71. The van der Waals surface area contributed by atoms with Gasteiger partial charge in [0.15, 0.2) is 6.39 Å². The number of hydrogen-bond donors (Lipinski definition) is 0. The van der Waals surface area contributed by atoms with Gasteiger partial charge in [0.1, 0.15) is 11.8 Å². The fourth-order valence-corrected chi connectivity index (χ4v) is 0.575. The van der Waals surface area contributed by atoms with E-state index in [4.69, 9.17) is 4.42 Å². The number of aliphatic imine (C=N–C) groups is 1. The quantitative estimate of drug-likeness (QED) is 0.453. The lowest BCUT2D eigenvalue weighted by Gasteiger charge is -1.94. The van der Waals surface area contributed by atoms with Crippen LogP contribution >= 0.6 is 0 Å². The summed E-state index contributed by atoms with van der Waals surface area (Å²) < 4.78 is 4.86. The second-order valence-corrected chi connectivity index (χ2v) is 1.80. The topological polar surface area (TPSA) is 55.5 Å². The third-order valence-electron chi connectivity index (χ3n) is 1.11. The summed E-state index contributed by atoms with van der Waals surface area (Å²) in [6.45, 7) is 1.73. The molecule has 0 aliphatic carbocycles. The molecule has 0 aliphatic heterocycles. The number of hydrogen-bond acceptors (Lipinski definition) is 4. The van der Waals surface area contributed by atoms with Crippen LogP contribution in [0.2, 0.25) is 0 Å². The summed E-state index contributed by atoms with van der Waals surface area (Å²) in [5.41, 5.74) is 0. The highest BCUT2D eigenvalue weighted by molar-refractivity contribution is 5.34. The third-order valence-corrected chi connectivity index (χ3v) is 1.11. The molecular weight excluding hydrogens is 132 g/mol. The molecule has 0 aliphatic rings. The van der Waals surface area contributed by atoms with E-state index < -0.39 is 0 Å². The van der Waals surface area contributed by atoms with Gasteiger partial charge < -0.3 is 4.42 Å². The van der Waals surface area contributed by atoms with Crippen molar-refractivity contribution in [1.82, 2.24) is 4.98 Å². The Bertz CT molecular complexity index is 236. The molecule has 1 aromatic heterocycles. The average Bonchev–Trinajstić information content (AvgIpc) is 2.38. The first-order valence-electron chi connectivity index (χ1n) is 2.80. The van der Waals surface area contributed by atoms with Gasteiger partial charge in [0.25, 0.3) is 0 Å². The molecule has 0 saturated carbocycles. The third kappa shape index (κ3) is 1.30. The van der Waals surface area contributed by atoms with Crippen LogP contribution < -0.4 is 0 Å². The molecular formula is C6H6N2O2. The molecule has 10 heavy (non-hydrogen) atoms. The van der Waals surface area contributed by atoms with E-state index in [1.54, 1.807) is 6.92 Å². The average molecular weight is 138 g/mol. The Hall–Kier alpha value is -1.41. The minimum Gasteiger partial charge on any atom is -0.446 e. The molecule has 1 aromatic rings. The highest BCUT2D eigenvalue weighted by atomic mass is 16.3. The van der Waals surface area contributed by atoms with Gasteiger partial charge in [-0.3, -0.25) is 0 Å². The lowest BCUT2D eigenvalue weighted by molar-refractivity contribution is 0.473. The van der Waals surface area contributed by atoms with Gasteiger partial charge in [0.05, 0.1) is 6.20 Å². The Morgan fingerprint density at radius 3 is 3.20 bits per heavy atom. The van der Waals surface area contributed by atoms with Crippen molar-refractivity contribution in [2.24, 2.45) is 4.99 Å². The van der Waals surface area contributed by atoms with Gasteiger partial charge in [-0.1, -0.05) is 0 Å². The fourth-order valence-electron chi connectivity index (χ4n) is 0.575. The molecule has 0 spiro atoms. The Morgan fingerprint density at radius 2 is 2.70 bits per heavy atom.